The van der Waals surface area contributed by atoms with Crippen LogP contribution in [0.2, 0.25) is 0 Å². The Morgan fingerprint density at radius 2 is 1.26 bits per heavy atom. The van der Waals surface area contributed by atoms with Gasteiger partial charge >= 0.3 is 0 Å². The first kappa shape index (κ1) is 50.9. The van der Waals surface area contributed by atoms with Crippen molar-refractivity contribution in [3.05, 3.63) is 131 Å². The van der Waals surface area contributed by atoms with E-state index in [1.165, 1.54) is 16.0 Å². The van der Waals surface area contributed by atoms with E-state index in [2.05, 4.69) is 76.2 Å². The SMILES string of the molecule is O=C1CCC(N2Cc3c(NC(=O)CCOCCOCCOCCOCCC(=O)N4CCN(CCOc5ccc(/C(=C(/CCCl)c6ccccc6)c6ccccc6)cc5)CC4)cccc3C2=O)C(=O)N1. The lowest BCUT2D eigenvalue weighted by atomic mass is 9.88. The summed E-state index contributed by atoms with van der Waals surface area (Å²) < 4.78 is 28.5. The van der Waals surface area contributed by atoms with Crippen molar-refractivity contribution >= 4 is 58.0 Å². The highest BCUT2D eigenvalue weighted by molar-refractivity contribution is 6.18. The smallest absolute Gasteiger partial charge is 0.255 e. The highest BCUT2D eigenvalue weighted by Gasteiger charge is 2.40. The van der Waals surface area contributed by atoms with Crippen LogP contribution in [-0.2, 0) is 44.7 Å². The Morgan fingerprint density at radius 3 is 1.90 bits per heavy atom. The van der Waals surface area contributed by atoms with Crippen molar-refractivity contribution in [2.75, 3.05) is 103 Å². The molecular weight excluding hydrogens is 902 g/mol. The number of alkyl halides is 1. The fraction of sp³-hybridized carbons (Fsp3) is 0.415. The number of piperazine rings is 1. The summed E-state index contributed by atoms with van der Waals surface area (Å²) in [4.78, 5) is 68.2. The fourth-order valence-electron chi connectivity index (χ4n) is 8.66. The molecule has 7 rings (SSSR count). The topological polar surface area (TPSA) is 165 Å². The number of ether oxygens (including phenoxy) is 5. The van der Waals surface area contributed by atoms with Gasteiger partial charge in [-0.2, -0.15) is 0 Å². The van der Waals surface area contributed by atoms with Crippen molar-refractivity contribution in [1.29, 1.82) is 0 Å². The number of allylic oxidation sites excluding steroid dienone is 1. The largest absolute Gasteiger partial charge is 0.492 e. The number of rotatable bonds is 26. The highest BCUT2D eigenvalue weighted by atomic mass is 35.5. The molecule has 0 aliphatic carbocycles. The number of amides is 5. The molecule has 69 heavy (non-hydrogen) atoms. The van der Waals surface area contributed by atoms with Crippen LogP contribution in [0.15, 0.2) is 103 Å². The van der Waals surface area contributed by atoms with E-state index < -0.39 is 11.9 Å². The van der Waals surface area contributed by atoms with E-state index in [0.717, 1.165) is 48.5 Å². The molecule has 0 bridgehead atoms. The van der Waals surface area contributed by atoms with Gasteiger partial charge in [0.05, 0.1) is 65.7 Å². The molecule has 366 valence electrons. The van der Waals surface area contributed by atoms with Gasteiger partial charge in [-0.1, -0.05) is 78.9 Å². The van der Waals surface area contributed by atoms with Gasteiger partial charge < -0.3 is 38.8 Å². The van der Waals surface area contributed by atoms with Crippen LogP contribution in [0.4, 0.5) is 5.69 Å². The minimum atomic E-state index is -0.729. The third-order valence-corrected chi connectivity index (χ3v) is 12.5. The van der Waals surface area contributed by atoms with Crippen molar-refractivity contribution in [2.45, 2.75) is 44.7 Å². The molecule has 2 fully saturated rings. The monoisotopic (exact) mass is 963 g/mol. The molecule has 4 aromatic rings. The van der Waals surface area contributed by atoms with E-state index in [-0.39, 0.29) is 56.0 Å². The van der Waals surface area contributed by atoms with Gasteiger partial charge in [0, 0.05) is 68.4 Å². The van der Waals surface area contributed by atoms with E-state index in [0.29, 0.717) is 95.1 Å². The molecular formula is C53H62ClN5O10. The van der Waals surface area contributed by atoms with E-state index in [9.17, 15) is 24.0 Å². The van der Waals surface area contributed by atoms with Crippen LogP contribution in [0.3, 0.4) is 0 Å². The second-order valence-corrected chi connectivity index (χ2v) is 17.2. The number of hydrogen-bond donors (Lipinski definition) is 2. The van der Waals surface area contributed by atoms with Gasteiger partial charge in [0.15, 0.2) is 0 Å². The van der Waals surface area contributed by atoms with Gasteiger partial charge in [0.1, 0.15) is 18.4 Å². The van der Waals surface area contributed by atoms with Crippen molar-refractivity contribution in [1.82, 2.24) is 20.0 Å². The quantitative estimate of drug-likeness (QED) is 0.0326. The van der Waals surface area contributed by atoms with Gasteiger partial charge in [0.25, 0.3) is 5.91 Å². The Balaban J connectivity index is 0.683. The number of nitrogens with zero attached hydrogens (tertiary/aromatic N) is 3. The molecule has 4 aromatic carbocycles. The van der Waals surface area contributed by atoms with Gasteiger partial charge in [-0.15, -0.1) is 11.6 Å². The average molecular weight is 965 g/mol. The molecule has 3 heterocycles. The maximum Gasteiger partial charge on any atom is 0.255 e. The summed E-state index contributed by atoms with van der Waals surface area (Å²) in [5.41, 5.74) is 7.37. The Kier molecular flexibility index (Phi) is 19.7. The molecule has 0 saturated carbocycles. The number of benzene rings is 4. The summed E-state index contributed by atoms with van der Waals surface area (Å²) in [6, 6.07) is 33.5. The first-order valence-corrected chi connectivity index (χ1v) is 24.3. The first-order chi connectivity index (χ1) is 33.8. The highest BCUT2D eigenvalue weighted by Crippen LogP contribution is 2.36. The molecule has 1 atom stereocenters. The number of halogens is 1. The van der Waals surface area contributed by atoms with Crippen molar-refractivity contribution < 1.29 is 47.7 Å². The summed E-state index contributed by atoms with van der Waals surface area (Å²) in [6.07, 6.45) is 1.61. The van der Waals surface area contributed by atoms with E-state index in [4.69, 9.17) is 35.3 Å². The minimum absolute atomic E-state index is 0.0886. The summed E-state index contributed by atoms with van der Waals surface area (Å²) in [5, 5.41) is 5.15. The molecule has 2 N–H and O–H groups in total. The minimum Gasteiger partial charge on any atom is -0.492 e. The van der Waals surface area contributed by atoms with E-state index in [1.807, 2.05) is 29.2 Å². The predicted octanol–water partition coefficient (Wildman–Crippen LogP) is 6.04. The molecule has 0 aromatic heterocycles. The normalized spacial score (nSPS) is 16.5. The third kappa shape index (κ3) is 14.8. The van der Waals surface area contributed by atoms with Crippen molar-refractivity contribution in [2.24, 2.45) is 0 Å². The average Bonchev–Trinajstić information content (AvgIpc) is 3.71. The van der Waals surface area contributed by atoms with Crippen LogP contribution in [0.25, 0.3) is 11.1 Å². The Morgan fingerprint density at radius 1 is 0.652 bits per heavy atom. The number of imide groups is 1. The molecule has 3 aliphatic heterocycles. The summed E-state index contributed by atoms with van der Waals surface area (Å²) >= 11 is 6.32. The predicted molar refractivity (Wildman–Crippen MR) is 263 cm³/mol. The molecule has 0 spiro atoms. The lowest BCUT2D eigenvalue weighted by Crippen LogP contribution is -2.52. The number of carbonyl (C=O) groups excluding carboxylic acids is 5. The molecule has 16 heteroatoms. The summed E-state index contributed by atoms with van der Waals surface area (Å²) in [6.45, 7) is 7.12. The van der Waals surface area contributed by atoms with E-state index >= 15 is 0 Å². The second-order valence-electron chi connectivity index (χ2n) is 16.8. The zero-order valence-electron chi connectivity index (χ0n) is 39.0. The first-order valence-electron chi connectivity index (χ1n) is 23.8. The lowest BCUT2D eigenvalue weighted by molar-refractivity contribution is -0.137. The van der Waals surface area contributed by atoms with Crippen molar-refractivity contribution in [3.63, 3.8) is 0 Å². The lowest BCUT2D eigenvalue weighted by Gasteiger charge is -2.34. The Hall–Kier alpha value is -5.94. The molecule has 5 amide bonds. The molecule has 15 nitrogen and oxygen atoms in total. The maximum atomic E-state index is 13.0. The Bertz CT molecular complexity index is 2360. The summed E-state index contributed by atoms with van der Waals surface area (Å²) in [5.74, 6) is 0.0290. The number of anilines is 1. The number of piperidine rings is 1. The van der Waals surface area contributed by atoms with Gasteiger partial charge in [-0.05, 0) is 64.9 Å². The molecule has 3 aliphatic rings. The molecule has 1 unspecified atom stereocenters. The van der Waals surface area contributed by atoms with Crippen LogP contribution in [0.5, 0.6) is 5.75 Å². The third-order valence-electron chi connectivity index (χ3n) is 12.3. The van der Waals surface area contributed by atoms with Crippen LogP contribution in [-0.4, -0.2) is 148 Å². The van der Waals surface area contributed by atoms with Gasteiger partial charge in [-0.25, -0.2) is 0 Å². The van der Waals surface area contributed by atoms with Crippen LogP contribution in [0, 0.1) is 0 Å². The fourth-order valence-corrected chi connectivity index (χ4v) is 8.85. The zero-order valence-corrected chi connectivity index (χ0v) is 39.8. The van der Waals surface area contributed by atoms with Gasteiger partial charge in [0.2, 0.25) is 23.6 Å². The zero-order chi connectivity index (χ0) is 48.2. The Labute approximate surface area is 409 Å². The maximum absolute atomic E-state index is 13.0. The van der Waals surface area contributed by atoms with E-state index in [1.54, 1.807) is 18.2 Å². The standard InChI is InChI=1S/C53H62ClN5O10/c54-23-20-43(39-8-3-1-4-9-39)51(40-10-5-2-6-11-40)41-14-16-42(17-15-41)69-31-28-57-24-26-58(27-25-57)50(62)22-30-66-33-35-68-37-36-67-34-32-65-29-21-49(61)55-46-13-7-12-44-45(46)38-59(53(44)64)47-18-19-48(60)56-52(47)63/h1-17,47H,18-38H2,(H,55,61)(H,56,60,63)/b51-43-. The number of carbonyl (C=O) groups is 5. The number of fused-ring (bicyclic) bond motifs is 1. The molecule has 0 radical (unpaired) electrons. The summed E-state index contributed by atoms with van der Waals surface area (Å²) in [7, 11) is 0. The number of hydrogen-bond acceptors (Lipinski definition) is 11. The van der Waals surface area contributed by atoms with Gasteiger partial charge in [-0.3, -0.25) is 34.2 Å². The van der Waals surface area contributed by atoms with Crippen LogP contribution < -0.4 is 15.4 Å². The molecule has 2 saturated heterocycles. The van der Waals surface area contributed by atoms with Crippen LogP contribution in [0.1, 0.15) is 64.7 Å². The van der Waals surface area contributed by atoms with Crippen LogP contribution >= 0.6 is 11.6 Å². The second kappa shape index (κ2) is 26.7. The van der Waals surface area contributed by atoms with Crippen molar-refractivity contribution in [3.8, 4) is 5.75 Å². The number of nitrogens with one attached hydrogen (secondary N) is 2.